The fourth-order valence-electron chi connectivity index (χ4n) is 0.989. The number of benzene rings is 1. The predicted molar refractivity (Wildman–Crippen MR) is 62.3 cm³/mol. The number of hydrogen-bond donors (Lipinski definition) is 0. The van der Waals surface area contributed by atoms with Gasteiger partial charge in [0.2, 0.25) is 0 Å². The molecule has 1 aromatic carbocycles. The monoisotopic (exact) mass is 258 g/mol. The maximum absolute atomic E-state index is 11.3. The fourth-order valence-corrected chi connectivity index (χ4v) is 1.22. The molecule has 0 bridgehead atoms. The third-order valence-electron chi connectivity index (χ3n) is 1.98. The van der Waals surface area contributed by atoms with Gasteiger partial charge in [0.25, 0.3) is 11.6 Å². The highest BCUT2D eigenvalue weighted by atomic mass is 35.5. The number of likely N-dealkylation sites (N-methyl/N-ethyl adjacent to an activating group) is 1. The Labute approximate surface area is 103 Å². The number of ether oxygens (including phenoxy) is 1. The van der Waals surface area contributed by atoms with Crippen molar-refractivity contribution in [2.75, 3.05) is 20.7 Å². The number of nitro groups is 1. The van der Waals surface area contributed by atoms with Gasteiger partial charge in [-0.05, 0) is 6.07 Å². The van der Waals surface area contributed by atoms with E-state index in [1.165, 1.54) is 23.1 Å². The molecular formula is C10H11ClN2O4. The van der Waals surface area contributed by atoms with Gasteiger partial charge >= 0.3 is 0 Å². The number of nitro benzene ring substituents is 1. The topological polar surface area (TPSA) is 72.7 Å². The normalized spacial score (nSPS) is 9.82. The molecule has 1 aromatic rings. The molecule has 0 aliphatic carbocycles. The van der Waals surface area contributed by atoms with Crippen LogP contribution in [0.5, 0.6) is 5.75 Å². The molecule has 0 spiro atoms. The van der Waals surface area contributed by atoms with Crippen molar-refractivity contribution >= 4 is 23.2 Å². The molecule has 0 N–H and O–H groups in total. The Hall–Kier alpha value is -1.82. The van der Waals surface area contributed by atoms with Crippen molar-refractivity contribution in [2.24, 2.45) is 0 Å². The lowest BCUT2D eigenvalue weighted by Gasteiger charge is -2.11. The van der Waals surface area contributed by atoms with Crippen LogP contribution >= 0.6 is 11.6 Å². The van der Waals surface area contributed by atoms with E-state index in [2.05, 4.69) is 0 Å². The van der Waals surface area contributed by atoms with Crippen LogP contribution in [-0.4, -0.2) is 36.4 Å². The van der Waals surface area contributed by atoms with Crippen molar-refractivity contribution in [1.82, 2.24) is 4.90 Å². The van der Waals surface area contributed by atoms with Crippen LogP contribution in [0.4, 0.5) is 5.69 Å². The number of rotatable bonds is 4. The summed E-state index contributed by atoms with van der Waals surface area (Å²) in [5, 5.41) is 10.6. The van der Waals surface area contributed by atoms with Crippen molar-refractivity contribution in [3.63, 3.8) is 0 Å². The van der Waals surface area contributed by atoms with Crippen LogP contribution < -0.4 is 4.74 Å². The van der Waals surface area contributed by atoms with E-state index in [-0.39, 0.29) is 29.0 Å². The maximum Gasteiger partial charge on any atom is 0.271 e. The second-order valence-electron chi connectivity index (χ2n) is 3.45. The molecular weight excluding hydrogens is 248 g/mol. The average molecular weight is 259 g/mol. The highest BCUT2D eigenvalue weighted by Crippen LogP contribution is 2.28. The standard InChI is InChI=1S/C10H11ClN2O4/c1-12(2)10(14)6-17-9-4-3-7(13(15)16)5-8(9)11/h3-5H,6H2,1-2H3. The first kappa shape index (κ1) is 13.2. The first-order valence-electron chi connectivity index (χ1n) is 4.68. The van der Waals surface area contributed by atoms with Gasteiger partial charge in [-0.25, -0.2) is 0 Å². The van der Waals surface area contributed by atoms with E-state index >= 15 is 0 Å². The Morgan fingerprint density at radius 2 is 2.18 bits per heavy atom. The van der Waals surface area contributed by atoms with Crippen molar-refractivity contribution < 1.29 is 14.5 Å². The van der Waals surface area contributed by atoms with Gasteiger partial charge in [-0.15, -0.1) is 0 Å². The molecule has 0 fully saturated rings. The third-order valence-corrected chi connectivity index (χ3v) is 2.27. The minimum absolute atomic E-state index is 0.103. The summed E-state index contributed by atoms with van der Waals surface area (Å²) in [6.45, 7) is -0.162. The molecule has 0 radical (unpaired) electrons. The van der Waals surface area contributed by atoms with E-state index < -0.39 is 4.92 Å². The molecule has 0 heterocycles. The minimum atomic E-state index is -0.555. The number of carbonyl (C=O) groups is 1. The number of halogens is 1. The van der Waals surface area contributed by atoms with Gasteiger partial charge in [0.05, 0.1) is 9.95 Å². The van der Waals surface area contributed by atoms with Gasteiger partial charge in [-0.1, -0.05) is 11.6 Å². The van der Waals surface area contributed by atoms with Crippen LogP contribution in [-0.2, 0) is 4.79 Å². The van der Waals surface area contributed by atoms with Crippen LogP contribution in [0.25, 0.3) is 0 Å². The number of non-ortho nitro benzene ring substituents is 1. The molecule has 17 heavy (non-hydrogen) atoms. The Kier molecular flexibility index (Phi) is 4.28. The molecule has 92 valence electrons. The summed E-state index contributed by atoms with van der Waals surface area (Å²) in [7, 11) is 3.20. The maximum atomic E-state index is 11.3. The van der Waals surface area contributed by atoms with Crippen molar-refractivity contribution in [3.8, 4) is 5.75 Å². The minimum Gasteiger partial charge on any atom is -0.482 e. The van der Waals surface area contributed by atoms with E-state index in [1.54, 1.807) is 14.1 Å². The molecule has 0 saturated carbocycles. The molecule has 6 nitrogen and oxygen atoms in total. The van der Waals surface area contributed by atoms with Crippen molar-refractivity contribution in [3.05, 3.63) is 33.3 Å². The Morgan fingerprint density at radius 1 is 1.53 bits per heavy atom. The zero-order valence-corrected chi connectivity index (χ0v) is 10.1. The largest absolute Gasteiger partial charge is 0.482 e. The van der Waals surface area contributed by atoms with Gasteiger partial charge in [0, 0.05) is 26.2 Å². The van der Waals surface area contributed by atoms with E-state index in [0.717, 1.165) is 0 Å². The molecule has 0 aliphatic heterocycles. The molecule has 1 amide bonds. The molecule has 0 unspecified atom stereocenters. The van der Waals surface area contributed by atoms with Gasteiger partial charge in [0.15, 0.2) is 6.61 Å². The summed E-state index contributed by atoms with van der Waals surface area (Å²) in [5.74, 6) is 0.0203. The predicted octanol–water partition coefficient (Wildman–Crippen LogP) is 1.72. The van der Waals surface area contributed by atoms with Gasteiger partial charge in [-0.3, -0.25) is 14.9 Å². The van der Waals surface area contributed by atoms with Gasteiger partial charge in [-0.2, -0.15) is 0 Å². The highest BCUT2D eigenvalue weighted by molar-refractivity contribution is 6.32. The summed E-state index contributed by atoms with van der Waals surface area (Å²) in [6.07, 6.45) is 0. The first-order chi connectivity index (χ1) is 7.91. The van der Waals surface area contributed by atoms with E-state index in [9.17, 15) is 14.9 Å². The molecule has 0 aliphatic rings. The molecule has 1 rings (SSSR count). The third kappa shape index (κ3) is 3.60. The van der Waals surface area contributed by atoms with Crippen LogP contribution in [0.15, 0.2) is 18.2 Å². The first-order valence-corrected chi connectivity index (χ1v) is 5.06. The Bertz CT molecular complexity index is 448. The Morgan fingerprint density at radius 3 is 2.65 bits per heavy atom. The lowest BCUT2D eigenvalue weighted by molar-refractivity contribution is -0.384. The summed E-state index contributed by atoms with van der Waals surface area (Å²) < 4.78 is 5.15. The summed E-state index contributed by atoms with van der Waals surface area (Å²) in [6, 6.07) is 3.81. The van der Waals surface area contributed by atoms with E-state index in [1.807, 2.05) is 0 Å². The molecule has 7 heteroatoms. The average Bonchev–Trinajstić information content (AvgIpc) is 2.26. The van der Waals surface area contributed by atoms with Crippen LogP contribution in [0.2, 0.25) is 5.02 Å². The zero-order chi connectivity index (χ0) is 13.0. The van der Waals surface area contributed by atoms with Crippen LogP contribution in [0.1, 0.15) is 0 Å². The lowest BCUT2D eigenvalue weighted by atomic mass is 10.3. The number of amides is 1. The van der Waals surface area contributed by atoms with Crippen LogP contribution in [0, 0.1) is 10.1 Å². The van der Waals surface area contributed by atoms with Crippen molar-refractivity contribution in [1.29, 1.82) is 0 Å². The SMILES string of the molecule is CN(C)C(=O)COc1ccc([N+](=O)[O-])cc1Cl. The zero-order valence-electron chi connectivity index (χ0n) is 9.34. The number of hydrogen-bond acceptors (Lipinski definition) is 4. The second-order valence-corrected chi connectivity index (χ2v) is 3.86. The fraction of sp³-hybridized carbons (Fsp3) is 0.300. The lowest BCUT2D eigenvalue weighted by Crippen LogP contribution is -2.27. The number of nitrogens with zero attached hydrogens (tertiary/aromatic N) is 2. The van der Waals surface area contributed by atoms with E-state index in [0.29, 0.717) is 0 Å². The van der Waals surface area contributed by atoms with Gasteiger partial charge < -0.3 is 9.64 Å². The molecule has 0 aromatic heterocycles. The molecule has 0 atom stereocenters. The number of carbonyl (C=O) groups excluding carboxylic acids is 1. The second kappa shape index (κ2) is 5.49. The van der Waals surface area contributed by atoms with Crippen molar-refractivity contribution in [2.45, 2.75) is 0 Å². The highest BCUT2D eigenvalue weighted by Gasteiger charge is 2.12. The summed E-state index contributed by atoms with van der Waals surface area (Å²) in [5.41, 5.74) is -0.124. The molecule has 0 saturated heterocycles. The van der Waals surface area contributed by atoms with Gasteiger partial charge in [0.1, 0.15) is 5.75 Å². The Balaban J connectivity index is 2.73. The smallest absolute Gasteiger partial charge is 0.271 e. The quantitative estimate of drug-likeness (QED) is 0.609. The summed E-state index contributed by atoms with van der Waals surface area (Å²) in [4.78, 5) is 22.5. The van der Waals surface area contributed by atoms with Crippen LogP contribution in [0.3, 0.4) is 0 Å². The summed E-state index contributed by atoms with van der Waals surface area (Å²) >= 11 is 5.78. The van der Waals surface area contributed by atoms with E-state index in [4.69, 9.17) is 16.3 Å².